The van der Waals surface area contributed by atoms with Crippen molar-refractivity contribution >= 4 is 52.7 Å². The first-order valence-electron chi connectivity index (χ1n) is 8.62. The Morgan fingerprint density at radius 2 is 1.93 bits per heavy atom. The Balaban J connectivity index is 2.61. The second-order valence-corrected chi connectivity index (χ2v) is 7.46. The predicted molar refractivity (Wildman–Crippen MR) is 115 cm³/mol. The average molecular weight is 433 g/mol. The molecule has 0 unspecified atom stereocenters. The molecule has 0 fully saturated rings. The van der Waals surface area contributed by atoms with Gasteiger partial charge >= 0.3 is 11.9 Å². The lowest BCUT2D eigenvalue weighted by Crippen LogP contribution is -2.25. The first-order chi connectivity index (χ1) is 14.0. The number of nitrogens with two attached hydrogens (primary N) is 1. The number of carbonyl (C=O) groups is 2. The summed E-state index contributed by atoms with van der Waals surface area (Å²) in [5, 5.41) is 12.9. The van der Waals surface area contributed by atoms with E-state index in [2.05, 4.69) is 10.3 Å². The second-order valence-electron chi connectivity index (χ2n) is 5.36. The summed E-state index contributed by atoms with van der Waals surface area (Å²) < 4.78 is 10.4. The third-order valence-corrected chi connectivity index (χ3v) is 5.76. The molecule has 2 rings (SSSR count). The largest absolute Gasteiger partial charge is 0.462 e. The van der Waals surface area contributed by atoms with Crippen molar-refractivity contribution in [2.75, 3.05) is 24.8 Å². The predicted octanol–water partition coefficient (Wildman–Crippen LogP) is 3.27. The van der Waals surface area contributed by atoms with Gasteiger partial charge in [0.15, 0.2) is 5.57 Å². The first-order valence-corrected chi connectivity index (χ1v) is 10.7. The number of thioether (sulfide) groups is 2. The zero-order chi connectivity index (χ0) is 21.4. The van der Waals surface area contributed by atoms with E-state index >= 15 is 0 Å². The molecule has 0 spiro atoms. The highest BCUT2D eigenvalue weighted by Gasteiger charge is 2.27. The zero-order valence-corrected chi connectivity index (χ0v) is 17.8. The highest BCUT2D eigenvalue weighted by atomic mass is 32.2. The molecular formula is C19H20N4O4S2. The van der Waals surface area contributed by atoms with Crippen LogP contribution in [0.2, 0.25) is 0 Å². The van der Waals surface area contributed by atoms with Crippen LogP contribution in [0.25, 0.3) is 0 Å². The van der Waals surface area contributed by atoms with Crippen LogP contribution in [0.5, 0.6) is 0 Å². The Morgan fingerprint density at radius 3 is 2.55 bits per heavy atom. The van der Waals surface area contributed by atoms with E-state index < -0.39 is 11.9 Å². The molecule has 1 heterocycles. The number of nitrogens with zero attached hydrogens (tertiary/aromatic N) is 2. The number of hydrogen-bond acceptors (Lipinski definition) is 10. The first kappa shape index (κ1) is 22.4. The van der Waals surface area contributed by atoms with Crippen molar-refractivity contribution in [1.82, 2.24) is 0 Å². The fraction of sp³-hybridized carbons (Fsp3) is 0.263. The molecule has 0 bridgehead atoms. The van der Waals surface area contributed by atoms with Gasteiger partial charge in [0, 0.05) is 0 Å². The van der Waals surface area contributed by atoms with Gasteiger partial charge in [0.05, 0.1) is 33.9 Å². The fourth-order valence-corrected chi connectivity index (χ4v) is 4.09. The van der Waals surface area contributed by atoms with Gasteiger partial charge in [-0.05, 0) is 32.2 Å². The lowest BCUT2D eigenvalue weighted by atomic mass is 10.2. The van der Waals surface area contributed by atoms with Crippen molar-refractivity contribution < 1.29 is 19.1 Å². The van der Waals surface area contributed by atoms with E-state index in [9.17, 15) is 14.9 Å². The number of ether oxygens (including phenoxy) is 2. The zero-order valence-electron chi connectivity index (χ0n) is 16.1. The topological polar surface area (TPSA) is 127 Å². The number of carbonyl (C=O) groups excluding carboxylic acids is 2. The Bertz CT molecular complexity index is 948. The number of benzene rings is 1. The maximum Gasteiger partial charge on any atom is 0.350 e. The fourth-order valence-electron chi connectivity index (χ4n) is 2.31. The van der Waals surface area contributed by atoms with Crippen molar-refractivity contribution in [2.24, 2.45) is 10.7 Å². The summed E-state index contributed by atoms with van der Waals surface area (Å²) in [5.74, 6) is -1.43. The Kier molecular flexibility index (Phi) is 8.18. The minimum atomic E-state index is -0.735. The summed E-state index contributed by atoms with van der Waals surface area (Å²) in [7, 11) is 0. The van der Waals surface area contributed by atoms with Crippen LogP contribution in [0.4, 0.5) is 11.4 Å². The molecule has 1 aliphatic heterocycles. The van der Waals surface area contributed by atoms with Crippen molar-refractivity contribution in [3.63, 3.8) is 0 Å². The number of esters is 2. The summed E-state index contributed by atoms with van der Waals surface area (Å²) in [6, 6.07) is 9.00. The van der Waals surface area contributed by atoms with Crippen LogP contribution in [0.3, 0.4) is 0 Å². The molecule has 0 atom stereocenters. The van der Waals surface area contributed by atoms with Gasteiger partial charge in [-0.1, -0.05) is 23.9 Å². The number of fused-ring (bicyclic) bond motifs is 1. The maximum absolute atomic E-state index is 12.6. The molecular weight excluding hydrogens is 412 g/mol. The van der Waals surface area contributed by atoms with Crippen molar-refractivity contribution in [3.8, 4) is 6.07 Å². The van der Waals surface area contributed by atoms with Crippen LogP contribution in [-0.2, 0) is 19.1 Å². The third-order valence-electron chi connectivity index (χ3n) is 3.53. The lowest BCUT2D eigenvalue weighted by molar-refractivity contribution is -0.138. The normalized spacial score (nSPS) is 13.8. The Hall–Kier alpha value is -2.90. The van der Waals surface area contributed by atoms with E-state index in [1.807, 2.05) is 6.07 Å². The van der Waals surface area contributed by atoms with Crippen LogP contribution in [0.15, 0.2) is 49.7 Å². The Morgan fingerprint density at radius 1 is 1.24 bits per heavy atom. The quantitative estimate of drug-likeness (QED) is 0.379. The van der Waals surface area contributed by atoms with Gasteiger partial charge in [-0.2, -0.15) is 5.26 Å². The van der Waals surface area contributed by atoms with Gasteiger partial charge < -0.3 is 20.5 Å². The summed E-state index contributed by atoms with van der Waals surface area (Å²) >= 11 is 2.20. The van der Waals surface area contributed by atoms with Gasteiger partial charge in [0.1, 0.15) is 17.5 Å². The molecule has 8 nitrogen and oxygen atoms in total. The number of hydrogen-bond donors (Lipinski definition) is 2. The minimum Gasteiger partial charge on any atom is -0.462 e. The monoisotopic (exact) mass is 432 g/mol. The number of para-hydroxylation sites is 2. The van der Waals surface area contributed by atoms with Crippen LogP contribution < -0.4 is 11.1 Å². The van der Waals surface area contributed by atoms with E-state index in [0.717, 1.165) is 11.8 Å². The maximum atomic E-state index is 12.6. The molecule has 1 aromatic rings. The van der Waals surface area contributed by atoms with Crippen LogP contribution >= 0.6 is 23.5 Å². The molecule has 1 aromatic carbocycles. The molecule has 3 N–H and O–H groups in total. The van der Waals surface area contributed by atoms with Crippen molar-refractivity contribution in [1.29, 1.82) is 5.26 Å². The number of aliphatic imine (C=N–C) groups is 1. The molecule has 29 heavy (non-hydrogen) atoms. The van der Waals surface area contributed by atoms with Gasteiger partial charge in [0.2, 0.25) is 0 Å². The summed E-state index contributed by atoms with van der Waals surface area (Å²) in [5.41, 5.74) is 7.14. The number of anilines is 1. The minimum absolute atomic E-state index is 0.0285. The second kappa shape index (κ2) is 10.6. The molecule has 0 saturated carbocycles. The summed E-state index contributed by atoms with van der Waals surface area (Å²) in [6.45, 7) is 3.62. The molecule has 152 valence electrons. The van der Waals surface area contributed by atoms with Gasteiger partial charge in [-0.3, -0.25) is 0 Å². The van der Waals surface area contributed by atoms with E-state index in [0.29, 0.717) is 20.6 Å². The molecule has 1 aliphatic rings. The number of nitriles is 1. The van der Waals surface area contributed by atoms with Crippen molar-refractivity contribution in [3.05, 3.63) is 44.7 Å². The number of amidine groups is 1. The summed E-state index contributed by atoms with van der Waals surface area (Å²) in [4.78, 5) is 29.1. The number of rotatable bonds is 7. The third kappa shape index (κ3) is 5.34. The molecule has 0 saturated heterocycles. The molecule has 0 aliphatic carbocycles. The highest BCUT2D eigenvalue weighted by Crippen LogP contribution is 2.40. The van der Waals surface area contributed by atoms with Crippen molar-refractivity contribution in [2.45, 2.75) is 13.8 Å². The lowest BCUT2D eigenvalue weighted by Gasteiger charge is -2.15. The molecule has 0 amide bonds. The number of nitrogens with one attached hydrogen (secondary N) is 1. The van der Waals surface area contributed by atoms with E-state index in [-0.39, 0.29) is 30.2 Å². The molecule has 0 radical (unpaired) electrons. The van der Waals surface area contributed by atoms with E-state index in [4.69, 9.17) is 15.2 Å². The average Bonchev–Trinajstić information content (AvgIpc) is 2.83. The van der Waals surface area contributed by atoms with Crippen LogP contribution in [-0.4, -0.2) is 37.2 Å². The SMILES string of the molecule is CCOC(=O)C1=C(S/C(SC)=C(\C#N)C(=O)OCC)Nc2ccccc2N=C1N. The van der Waals surface area contributed by atoms with E-state index in [1.165, 1.54) is 11.8 Å². The van der Waals surface area contributed by atoms with Crippen LogP contribution in [0, 0.1) is 11.3 Å². The van der Waals surface area contributed by atoms with Crippen LogP contribution in [0.1, 0.15) is 13.8 Å². The van der Waals surface area contributed by atoms with Gasteiger partial charge in [-0.15, -0.1) is 11.8 Å². The van der Waals surface area contributed by atoms with E-state index in [1.54, 1.807) is 44.4 Å². The van der Waals surface area contributed by atoms with Gasteiger partial charge in [0.25, 0.3) is 0 Å². The smallest absolute Gasteiger partial charge is 0.350 e. The molecule has 10 heteroatoms. The Labute approximate surface area is 177 Å². The summed E-state index contributed by atoms with van der Waals surface area (Å²) in [6.07, 6.45) is 1.71. The van der Waals surface area contributed by atoms with Gasteiger partial charge in [-0.25, -0.2) is 14.6 Å². The standard InChI is InChI=1S/C19H20N4O4S2/c1-4-26-17(24)11(10-20)19(28-3)29-16-14(18(25)27-5-2)15(21)22-12-8-6-7-9-13(12)23-16/h6-9,23H,4-5H2,1-3H3,(H2,21,22)/b19-11+. The molecule has 0 aromatic heterocycles. The highest BCUT2D eigenvalue weighted by molar-refractivity contribution is 8.23.